The first-order valence-corrected chi connectivity index (χ1v) is 7.08. The van der Waals surface area contributed by atoms with Crippen LogP contribution in [0.1, 0.15) is 12.5 Å². The molecule has 25 heavy (non-hydrogen) atoms. The van der Waals surface area contributed by atoms with Crippen LogP contribution in [0.4, 0.5) is 13.2 Å². The molecule has 0 aliphatic rings. The van der Waals surface area contributed by atoms with Gasteiger partial charge in [0.25, 0.3) is 0 Å². The lowest BCUT2D eigenvalue weighted by molar-refractivity contribution is -0.274. The van der Waals surface area contributed by atoms with Crippen molar-refractivity contribution in [1.82, 2.24) is 0 Å². The normalized spacial score (nSPS) is 12.2. The highest BCUT2D eigenvalue weighted by molar-refractivity contribution is 5.86. The number of ether oxygens (including phenoxy) is 3. The Bertz CT molecular complexity index is 609. The lowest BCUT2D eigenvalue weighted by atomic mass is 10.1. The van der Waals surface area contributed by atoms with Gasteiger partial charge in [0.05, 0.1) is 6.42 Å². The second-order valence-corrected chi connectivity index (χ2v) is 5.08. The number of esters is 2. The minimum Gasteiger partial charge on any atom is -0.463 e. The summed E-state index contributed by atoms with van der Waals surface area (Å²) in [4.78, 5) is 22.7. The van der Waals surface area contributed by atoms with E-state index >= 15 is 0 Å². The van der Waals surface area contributed by atoms with Crippen LogP contribution in [-0.2, 0) is 25.5 Å². The summed E-state index contributed by atoms with van der Waals surface area (Å²) in [6, 6.07) is 4.71. The summed E-state index contributed by atoms with van der Waals surface area (Å²) in [6.07, 6.45) is -6.19. The number of aliphatic hydroxyl groups excluding tert-OH is 1. The molecule has 138 valence electrons. The number of carbonyl (C=O) groups excluding carboxylic acids is 2. The molecule has 0 heterocycles. The van der Waals surface area contributed by atoms with Gasteiger partial charge in [-0.05, 0) is 24.6 Å². The van der Waals surface area contributed by atoms with E-state index in [0.29, 0.717) is 5.56 Å². The quantitative estimate of drug-likeness (QED) is 0.564. The topological polar surface area (TPSA) is 82.1 Å². The van der Waals surface area contributed by atoms with Gasteiger partial charge in [-0.3, -0.25) is 4.79 Å². The lowest BCUT2D eigenvalue weighted by Crippen LogP contribution is -2.26. The molecule has 1 N–H and O–H groups in total. The Morgan fingerprint density at radius 3 is 2.24 bits per heavy atom. The SMILES string of the molecule is C=C(C)C(=O)OCC(O)COC(=O)Cc1ccc(OC(F)(F)F)cc1. The molecule has 1 aromatic rings. The van der Waals surface area contributed by atoms with Gasteiger partial charge in [0.1, 0.15) is 25.1 Å². The van der Waals surface area contributed by atoms with Crippen molar-refractivity contribution < 1.29 is 42.1 Å². The van der Waals surface area contributed by atoms with E-state index in [1.807, 2.05) is 0 Å². The summed E-state index contributed by atoms with van der Waals surface area (Å²) in [5.74, 6) is -1.78. The largest absolute Gasteiger partial charge is 0.573 e. The first-order valence-electron chi connectivity index (χ1n) is 7.08. The zero-order valence-electron chi connectivity index (χ0n) is 13.3. The van der Waals surface area contributed by atoms with Crippen molar-refractivity contribution in [3.05, 3.63) is 42.0 Å². The third-order valence-corrected chi connectivity index (χ3v) is 2.70. The first kappa shape index (κ1) is 20.5. The Hall–Kier alpha value is -2.55. The van der Waals surface area contributed by atoms with Crippen molar-refractivity contribution in [2.45, 2.75) is 25.8 Å². The van der Waals surface area contributed by atoms with E-state index in [9.17, 15) is 27.9 Å². The Balaban J connectivity index is 2.36. The summed E-state index contributed by atoms with van der Waals surface area (Å²) in [6.45, 7) is 4.06. The number of hydrogen-bond acceptors (Lipinski definition) is 6. The van der Waals surface area contributed by atoms with E-state index < -0.39 is 36.8 Å². The number of alkyl halides is 3. The zero-order chi connectivity index (χ0) is 19.0. The fraction of sp³-hybridized carbons (Fsp3) is 0.375. The van der Waals surface area contributed by atoms with Crippen LogP contribution < -0.4 is 4.74 Å². The second-order valence-electron chi connectivity index (χ2n) is 5.08. The van der Waals surface area contributed by atoms with Crippen LogP contribution in [0.25, 0.3) is 0 Å². The van der Waals surface area contributed by atoms with E-state index in [0.717, 1.165) is 12.1 Å². The molecule has 0 radical (unpaired) electrons. The molecule has 6 nitrogen and oxygen atoms in total. The molecule has 0 spiro atoms. The predicted molar refractivity (Wildman–Crippen MR) is 79.6 cm³/mol. The lowest BCUT2D eigenvalue weighted by Gasteiger charge is -2.12. The molecule has 1 rings (SSSR count). The molecular weight excluding hydrogens is 345 g/mol. The number of carbonyl (C=O) groups is 2. The number of benzene rings is 1. The van der Waals surface area contributed by atoms with Crippen molar-refractivity contribution in [3.8, 4) is 5.75 Å². The van der Waals surface area contributed by atoms with Crippen molar-refractivity contribution >= 4 is 11.9 Å². The standard InChI is InChI=1S/C16H17F3O6/c1-10(2)15(22)24-9-12(20)8-23-14(21)7-11-3-5-13(6-4-11)25-16(17,18)19/h3-6,12,20H,1,7-9H2,2H3. The molecule has 0 aliphatic carbocycles. The van der Waals surface area contributed by atoms with Crippen LogP contribution >= 0.6 is 0 Å². The van der Waals surface area contributed by atoms with Gasteiger partial charge in [0, 0.05) is 5.57 Å². The van der Waals surface area contributed by atoms with Gasteiger partial charge in [-0.25, -0.2) is 4.79 Å². The molecule has 0 amide bonds. The summed E-state index contributed by atoms with van der Waals surface area (Å²) in [5.41, 5.74) is 0.574. The summed E-state index contributed by atoms with van der Waals surface area (Å²) >= 11 is 0. The highest BCUT2D eigenvalue weighted by Gasteiger charge is 2.30. The fourth-order valence-electron chi connectivity index (χ4n) is 1.56. The summed E-state index contributed by atoms with van der Waals surface area (Å²) in [7, 11) is 0. The molecule has 0 bridgehead atoms. The minimum atomic E-state index is -4.79. The minimum absolute atomic E-state index is 0.169. The zero-order valence-corrected chi connectivity index (χ0v) is 13.3. The molecule has 1 atom stereocenters. The van der Waals surface area contributed by atoms with Crippen molar-refractivity contribution in [3.63, 3.8) is 0 Å². The van der Waals surface area contributed by atoms with Crippen LogP contribution in [0.15, 0.2) is 36.4 Å². The highest BCUT2D eigenvalue weighted by Crippen LogP contribution is 2.22. The predicted octanol–water partition coefficient (Wildman–Crippen LogP) is 2.15. The van der Waals surface area contributed by atoms with Gasteiger partial charge in [0.15, 0.2) is 0 Å². The van der Waals surface area contributed by atoms with Crippen LogP contribution in [0.3, 0.4) is 0 Å². The summed E-state index contributed by atoms with van der Waals surface area (Å²) < 4.78 is 49.3. The van der Waals surface area contributed by atoms with Gasteiger partial charge in [-0.2, -0.15) is 0 Å². The van der Waals surface area contributed by atoms with Crippen LogP contribution in [0.2, 0.25) is 0 Å². The third kappa shape index (κ3) is 8.75. The van der Waals surface area contributed by atoms with Gasteiger partial charge in [-0.1, -0.05) is 18.7 Å². The van der Waals surface area contributed by atoms with E-state index in [1.165, 1.54) is 19.1 Å². The molecule has 9 heteroatoms. The van der Waals surface area contributed by atoms with Gasteiger partial charge in [-0.15, -0.1) is 13.2 Å². The highest BCUT2D eigenvalue weighted by atomic mass is 19.4. The van der Waals surface area contributed by atoms with E-state index in [-0.39, 0.29) is 18.6 Å². The fourth-order valence-corrected chi connectivity index (χ4v) is 1.56. The Morgan fingerprint density at radius 1 is 1.16 bits per heavy atom. The van der Waals surface area contributed by atoms with Crippen LogP contribution in [-0.4, -0.2) is 42.7 Å². The van der Waals surface area contributed by atoms with Gasteiger partial charge in [0.2, 0.25) is 0 Å². The Kier molecular flexibility index (Phi) is 7.43. The molecule has 0 saturated heterocycles. The van der Waals surface area contributed by atoms with Crippen molar-refractivity contribution in [2.24, 2.45) is 0 Å². The van der Waals surface area contributed by atoms with Crippen LogP contribution in [0.5, 0.6) is 5.75 Å². The maximum atomic E-state index is 12.0. The average Bonchev–Trinajstić information content (AvgIpc) is 2.51. The second kappa shape index (κ2) is 9.07. The smallest absolute Gasteiger partial charge is 0.463 e. The monoisotopic (exact) mass is 362 g/mol. The van der Waals surface area contributed by atoms with E-state index in [2.05, 4.69) is 16.1 Å². The molecular formula is C16H17F3O6. The number of rotatable bonds is 8. The van der Waals surface area contributed by atoms with Crippen molar-refractivity contribution in [1.29, 1.82) is 0 Å². The van der Waals surface area contributed by atoms with Gasteiger partial charge < -0.3 is 19.3 Å². The maximum Gasteiger partial charge on any atom is 0.573 e. The molecule has 0 saturated carbocycles. The Labute approximate surface area is 141 Å². The van der Waals surface area contributed by atoms with Crippen molar-refractivity contribution in [2.75, 3.05) is 13.2 Å². The first-order chi connectivity index (χ1) is 11.6. The number of hydrogen-bond donors (Lipinski definition) is 1. The van der Waals surface area contributed by atoms with E-state index in [4.69, 9.17) is 4.74 Å². The molecule has 0 aliphatic heterocycles. The summed E-state index contributed by atoms with van der Waals surface area (Å²) in [5, 5.41) is 9.53. The average molecular weight is 362 g/mol. The van der Waals surface area contributed by atoms with Crippen LogP contribution in [0, 0.1) is 0 Å². The molecule has 1 aromatic carbocycles. The van der Waals surface area contributed by atoms with E-state index in [1.54, 1.807) is 0 Å². The van der Waals surface area contributed by atoms with Gasteiger partial charge >= 0.3 is 18.3 Å². The molecule has 0 aromatic heterocycles. The number of halogens is 3. The third-order valence-electron chi connectivity index (χ3n) is 2.70. The Morgan fingerprint density at radius 2 is 1.72 bits per heavy atom. The molecule has 0 fully saturated rings. The number of aliphatic hydroxyl groups is 1. The molecule has 1 unspecified atom stereocenters. The maximum absolute atomic E-state index is 12.0.